The largest absolute Gasteiger partial charge is 0.488 e. The molecule has 1 saturated heterocycles. The van der Waals surface area contributed by atoms with Crippen molar-refractivity contribution in [3.8, 4) is 17.0 Å². The van der Waals surface area contributed by atoms with Gasteiger partial charge in [-0.1, -0.05) is 48.7 Å². The third-order valence-electron chi connectivity index (χ3n) is 5.35. The van der Waals surface area contributed by atoms with Crippen LogP contribution in [0.1, 0.15) is 41.6 Å². The van der Waals surface area contributed by atoms with Crippen LogP contribution in [-0.4, -0.2) is 34.1 Å². The quantitative estimate of drug-likeness (QED) is 0.552. The maximum absolute atomic E-state index is 11.9. The summed E-state index contributed by atoms with van der Waals surface area (Å²) in [4.78, 5) is 23.1. The fourth-order valence-corrected chi connectivity index (χ4v) is 3.81. The van der Waals surface area contributed by atoms with E-state index < -0.39 is 5.97 Å². The summed E-state index contributed by atoms with van der Waals surface area (Å²) in [5.41, 5.74) is 2.02. The van der Waals surface area contributed by atoms with Crippen molar-refractivity contribution in [2.75, 3.05) is 18.0 Å². The van der Waals surface area contributed by atoms with E-state index >= 15 is 0 Å². The van der Waals surface area contributed by atoms with Gasteiger partial charge in [-0.05, 0) is 42.7 Å². The van der Waals surface area contributed by atoms with Crippen LogP contribution in [0.3, 0.4) is 0 Å². The number of ether oxygens (including phenoxy) is 1. The lowest BCUT2D eigenvalue weighted by atomic mass is 10.1. The van der Waals surface area contributed by atoms with Crippen molar-refractivity contribution in [2.24, 2.45) is 0 Å². The van der Waals surface area contributed by atoms with Crippen LogP contribution in [0.2, 0.25) is 5.02 Å². The second kappa shape index (κ2) is 9.79. The minimum absolute atomic E-state index is 0.0566. The number of carboxylic acid groups (broad SMARTS) is 1. The molecule has 0 saturated carbocycles. The van der Waals surface area contributed by atoms with Gasteiger partial charge in [0.05, 0.1) is 5.69 Å². The monoisotopic (exact) mass is 437 g/mol. The van der Waals surface area contributed by atoms with E-state index in [0.29, 0.717) is 34.6 Å². The van der Waals surface area contributed by atoms with Gasteiger partial charge in [-0.3, -0.25) is 0 Å². The van der Waals surface area contributed by atoms with E-state index in [1.807, 2.05) is 48.5 Å². The zero-order valence-electron chi connectivity index (χ0n) is 17.1. The number of benzene rings is 2. The van der Waals surface area contributed by atoms with Crippen LogP contribution in [0.4, 0.5) is 5.95 Å². The van der Waals surface area contributed by atoms with Crippen molar-refractivity contribution in [2.45, 2.75) is 32.3 Å². The zero-order chi connectivity index (χ0) is 21.6. The van der Waals surface area contributed by atoms with Gasteiger partial charge in [0, 0.05) is 29.9 Å². The van der Waals surface area contributed by atoms with Gasteiger partial charge in [-0.2, -0.15) is 0 Å². The molecule has 0 radical (unpaired) electrons. The van der Waals surface area contributed by atoms with Crippen molar-refractivity contribution in [3.63, 3.8) is 0 Å². The first-order valence-corrected chi connectivity index (χ1v) is 10.8. The molecule has 1 aliphatic rings. The maximum Gasteiger partial charge on any atom is 0.339 e. The summed E-state index contributed by atoms with van der Waals surface area (Å²) in [6.45, 7) is 2.09. The Bertz CT molecular complexity index is 1050. The van der Waals surface area contributed by atoms with Gasteiger partial charge in [0.1, 0.15) is 17.9 Å². The summed E-state index contributed by atoms with van der Waals surface area (Å²) in [5, 5.41) is 10.4. The van der Waals surface area contributed by atoms with Gasteiger partial charge in [0.2, 0.25) is 5.95 Å². The fraction of sp³-hybridized carbons (Fsp3) is 0.292. The van der Waals surface area contributed by atoms with Crippen molar-refractivity contribution in [1.29, 1.82) is 0 Å². The van der Waals surface area contributed by atoms with Crippen LogP contribution in [0.25, 0.3) is 11.3 Å². The van der Waals surface area contributed by atoms with Gasteiger partial charge in [-0.15, -0.1) is 0 Å². The van der Waals surface area contributed by atoms with E-state index in [-0.39, 0.29) is 5.56 Å². The van der Waals surface area contributed by atoms with E-state index in [9.17, 15) is 9.90 Å². The van der Waals surface area contributed by atoms with Crippen molar-refractivity contribution >= 4 is 23.5 Å². The van der Waals surface area contributed by atoms with Gasteiger partial charge >= 0.3 is 5.97 Å². The van der Waals surface area contributed by atoms with Crippen molar-refractivity contribution in [3.05, 3.63) is 70.9 Å². The second-order valence-corrected chi connectivity index (χ2v) is 7.99. The molecular formula is C24H24ClN3O3. The molecule has 3 aromatic rings. The lowest BCUT2D eigenvalue weighted by molar-refractivity contribution is 0.0697. The van der Waals surface area contributed by atoms with Crippen molar-refractivity contribution < 1.29 is 14.6 Å². The smallest absolute Gasteiger partial charge is 0.339 e. The topological polar surface area (TPSA) is 75.5 Å². The number of hydrogen-bond donors (Lipinski definition) is 1. The highest BCUT2D eigenvalue weighted by molar-refractivity contribution is 6.30. The number of rotatable bonds is 6. The molecule has 1 fully saturated rings. The Hall–Kier alpha value is -3.12. The zero-order valence-corrected chi connectivity index (χ0v) is 17.9. The highest BCUT2D eigenvalue weighted by atomic mass is 35.5. The molecule has 1 aromatic heterocycles. The lowest BCUT2D eigenvalue weighted by Gasteiger charge is -2.21. The normalized spacial score (nSPS) is 14.2. The molecule has 160 valence electrons. The highest BCUT2D eigenvalue weighted by Crippen LogP contribution is 2.33. The Morgan fingerprint density at radius 1 is 1.03 bits per heavy atom. The average molecular weight is 438 g/mol. The van der Waals surface area contributed by atoms with Gasteiger partial charge < -0.3 is 14.7 Å². The molecule has 0 bridgehead atoms. The molecule has 0 spiro atoms. The summed E-state index contributed by atoms with van der Waals surface area (Å²) >= 11 is 5.96. The number of aromatic carboxylic acids is 1. The van der Waals surface area contributed by atoms with E-state index in [1.165, 1.54) is 19.0 Å². The first kappa shape index (κ1) is 21.1. The van der Waals surface area contributed by atoms with Crippen LogP contribution in [0, 0.1) is 0 Å². The molecule has 1 N–H and O–H groups in total. The lowest BCUT2D eigenvalue weighted by Crippen LogP contribution is -2.26. The molecule has 0 aliphatic carbocycles. The average Bonchev–Trinajstić information content (AvgIpc) is 3.08. The Kier molecular flexibility index (Phi) is 6.67. The van der Waals surface area contributed by atoms with Gasteiger partial charge in [0.25, 0.3) is 0 Å². The number of aromatic nitrogens is 2. The van der Waals surface area contributed by atoms with E-state index in [4.69, 9.17) is 21.3 Å². The number of para-hydroxylation sites is 1. The number of carboxylic acids is 1. The first-order valence-electron chi connectivity index (χ1n) is 10.4. The molecule has 2 aromatic carbocycles. The van der Waals surface area contributed by atoms with Crippen molar-refractivity contribution in [1.82, 2.24) is 9.97 Å². The molecule has 0 amide bonds. The predicted molar refractivity (Wildman–Crippen MR) is 121 cm³/mol. The summed E-state index contributed by atoms with van der Waals surface area (Å²) in [5.74, 6) is 0.0693. The molecule has 1 aliphatic heterocycles. The van der Waals surface area contributed by atoms with Crippen LogP contribution >= 0.6 is 11.6 Å². The molecule has 6 nitrogen and oxygen atoms in total. The standard InChI is InChI=1S/C24H24ClN3O3/c25-18-11-9-17(10-12-18)16-31-21-8-4-3-7-19(21)22-20(23(29)30)15-26-24(27-22)28-13-5-1-2-6-14-28/h3-4,7-12,15H,1-2,5-6,13-14,16H2,(H,29,30). The summed E-state index contributed by atoms with van der Waals surface area (Å²) in [7, 11) is 0. The third kappa shape index (κ3) is 5.14. The molecule has 0 unspecified atom stereocenters. The van der Waals surface area contributed by atoms with Gasteiger partial charge in [0.15, 0.2) is 0 Å². The third-order valence-corrected chi connectivity index (χ3v) is 5.60. The van der Waals surface area contributed by atoms with Crippen LogP contribution in [0.15, 0.2) is 54.7 Å². The molecule has 4 rings (SSSR count). The van der Waals surface area contributed by atoms with E-state index in [1.54, 1.807) is 0 Å². The predicted octanol–water partition coefficient (Wildman–Crippen LogP) is 5.45. The minimum Gasteiger partial charge on any atom is -0.488 e. The summed E-state index contributed by atoms with van der Waals surface area (Å²) in [6, 6.07) is 14.8. The van der Waals surface area contributed by atoms with Crippen LogP contribution in [0.5, 0.6) is 5.75 Å². The fourth-order valence-electron chi connectivity index (χ4n) is 3.69. The van der Waals surface area contributed by atoms with Crippen LogP contribution < -0.4 is 9.64 Å². The first-order chi connectivity index (χ1) is 15.1. The SMILES string of the molecule is O=C(O)c1cnc(N2CCCCCC2)nc1-c1ccccc1OCc1ccc(Cl)cc1. The number of anilines is 1. The Labute approximate surface area is 186 Å². The second-order valence-electron chi connectivity index (χ2n) is 7.55. The van der Waals surface area contributed by atoms with E-state index in [2.05, 4.69) is 9.88 Å². The maximum atomic E-state index is 11.9. The number of halogens is 1. The molecule has 2 heterocycles. The molecular weight excluding hydrogens is 414 g/mol. The van der Waals surface area contributed by atoms with E-state index in [0.717, 1.165) is 31.5 Å². The van der Waals surface area contributed by atoms with Gasteiger partial charge in [-0.25, -0.2) is 14.8 Å². The van der Waals surface area contributed by atoms with Crippen LogP contribution in [-0.2, 0) is 6.61 Å². The summed E-state index contributed by atoms with van der Waals surface area (Å²) in [6.07, 6.45) is 5.96. The number of carbonyl (C=O) groups is 1. The summed E-state index contributed by atoms with van der Waals surface area (Å²) < 4.78 is 6.05. The molecule has 0 atom stereocenters. The molecule has 7 heteroatoms. The number of nitrogens with zero attached hydrogens (tertiary/aromatic N) is 3. The Morgan fingerprint density at radius 2 is 1.74 bits per heavy atom. The molecule has 31 heavy (non-hydrogen) atoms. The minimum atomic E-state index is -1.06. The Balaban J connectivity index is 1.68. The number of hydrogen-bond acceptors (Lipinski definition) is 5. The Morgan fingerprint density at radius 3 is 2.45 bits per heavy atom. The highest BCUT2D eigenvalue weighted by Gasteiger charge is 2.21.